The van der Waals surface area contributed by atoms with E-state index in [9.17, 15) is 0 Å². The number of nitrogens with zero attached hydrogens (tertiary/aromatic N) is 1. The van der Waals surface area contributed by atoms with Crippen molar-refractivity contribution < 1.29 is 0 Å². The number of rotatable bonds is 1. The fourth-order valence-corrected chi connectivity index (χ4v) is 1.79. The number of halogens is 1. The summed E-state index contributed by atoms with van der Waals surface area (Å²) in [6, 6.07) is 0. The fourth-order valence-electron chi connectivity index (χ4n) is 0.517. The summed E-state index contributed by atoms with van der Waals surface area (Å²) in [5, 5.41) is 0.986. The van der Waals surface area contributed by atoms with E-state index in [1.807, 2.05) is 6.92 Å². The Morgan fingerprint density at radius 1 is 1.78 bits per heavy atom. The number of aromatic nitrogens is 1. The quantitative estimate of drug-likeness (QED) is 0.760. The molecule has 0 aliphatic carbocycles. The largest absolute Gasteiger partial charge is 0.325 e. The van der Waals surface area contributed by atoms with E-state index in [1.54, 1.807) is 11.3 Å². The van der Waals surface area contributed by atoms with Gasteiger partial charge in [0.15, 0.2) is 0 Å². The Bertz CT molecular complexity index is 189. The van der Waals surface area contributed by atoms with Gasteiger partial charge in [0.05, 0.1) is 0 Å². The lowest BCUT2D eigenvalue weighted by molar-refractivity contribution is 1.03. The van der Waals surface area contributed by atoms with Crippen LogP contribution >= 0.6 is 27.3 Å². The molecule has 2 nitrogen and oxygen atoms in total. The van der Waals surface area contributed by atoms with Crippen LogP contribution in [0, 0.1) is 6.92 Å². The number of thiazole rings is 1. The first-order valence-corrected chi connectivity index (χ1v) is 4.17. The standard InChI is InChI=1S/C5H7BrN2S/c1-3-5(6)8-4(2-7)9-3/h2,7H2,1H3. The van der Waals surface area contributed by atoms with Gasteiger partial charge in [0.25, 0.3) is 0 Å². The Morgan fingerprint density at radius 3 is 2.67 bits per heavy atom. The van der Waals surface area contributed by atoms with Crippen LogP contribution < -0.4 is 5.73 Å². The van der Waals surface area contributed by atoms with E-state index in [1.165, 1.54) is 4.88 Å². The highest BCUT2D eigenvalue weighted by Gasteiger charge is 2.00. The molecule has 1 rings (SSSR count). The first kappa shape index (κ1) is 7.18. The van der Waals surface area contributed by atoms with Crippen LogP contribution in [0.1, 0.15) is 9.88 Å². The van der Waals surface area contributed by atoms with E-state index in [4.69, 9.17) is 5.73 Å². The summed E-state index contributed by atoms with van der Waals surface area (Å²) in [4.78, 5) is 5.33. The van der Waals surface area contributed by atoms with Crippen molar-refractivity contribution in [3.05, 3.63) is 14.5 Å². The second-order valence-corrected chi connectivity index (χ2v) is 3.70. The summed E-state index contributed by atoms with van der Waals surface area (Å²) in [7, 11) is 0. The topological polar surface area (TPSA) is 38.9 Å². The number of aryl methyl sites for hydroxylation is 1. The van der Waals surface area contributed by atoms with Crippen LogP contribution in [0.2, 0.25) is 0 Å². The number of hydrogen-bond donors (Lipinski definition) is 1. The summed E-state index contributed by atoms with van der Waals surface area (Å²) >= 11 is 4.93. The zero-order valence-corrected chi connectivity index (χ0v) is 7.42. The summed E-state index contributed by atoms with van der Waals surface area (Å²) in [6.45, 7) is 2.55. The molecule has 1 aromatic heterocycles. The minimum Gasteiger partial charge on any atom is -0.325 e. The lowest BCUT2D eigenvalue weighted by Gasteiger charge is -1.79. The molecule has 0 amide bonds. The van der Waals surface area contributed by atoms with E-state index in [2.05, 4.69) is 20.9 Å². The van der Waals surface area contributed by atoms with Gasteiger partial charge in [-0.1, -0.05) is 0 Å². The zero-order chi connectivity index (χ0) is 6.85. The van der Waals surface area contributed by atoms with Crippen molar-refractivity contribution in [3.63, 3.8) is 0 Å². The van der Waals surface area contributed by atoms with Crippen LogP contribution in [0.3, 0.4) is 0 Å². The Hall–Kier alpha value is 0.0700. The van der Waals surface area contributed by atoms with Crippen LogP contribution in [-0.2, 0) is 6.54 Å². The van der Waals surface area contributed by atoms with Gasteiger partial charge in [-0.3, -0.25) is 0 Å². The summed E-state index contributed by atoms with van der Waals surface area (Å²) in [5.74, 6) is 0. The Morgan fingerprint density at radius 2 is 2.44 bits per heavy atom. The van der Waals surface area contributed by atoms with E-state index >= 15 is 0 Å². The molecule has 0 fully saturated rings. The highest BCUT2D eigenvalue weighted by molar-refractivity contribution is 9.10. The van der Waals surface area contributed by atoms with E-state index in [-0.39, 0.29) is 0 Å². The Kier molecular flexibility index (Phi) is 2.21. The maximum atomic E-state index is 5.36. The van der Waals surface area contributed by atoms with E-state index < -0.39 is 0 Å². The van der Waals surface area contributed by atoms with Gasteiger partial charge < -0.3 is 5.73 Å². The SMILES string of the molecule is Cc1sc(CN)nc1Br. The summed E-state index contributed by atoms with van der Waals surface area (Å²) < 4.78 is 0.924. The third kappa shape index (κ3) is 1.50. The van der Waals surface area contributed by atoms with Crippen LogP contribution in [0.15, 0.2) is 4.60 Å². The molecule has 0 saturated carbocycles. The van der Waals surface area contributed by atoms with Gasteiger partial charge in [0.2, 0.25) is 0 Å². The normalized spacial score (nSPS) is 10.1. The molecule has 0 saturated heterocycles. The van der Waals surface area contributed by atoms with Crippen LogP contribution in [0.5, 0.6) is 0 Å². The van der Waals surface area contributed by atoms with Gasteiger partial charge in [0.1, 0.15) is 9.61 Å². The van der Waals surface area contributed by atoms with Crippen LogP contribution in [-0.4, -0.2) is 4.98 Å². The van der Waals surface area contributed by atoms with Crippen LogP contribution in [0.25, 0.3) is 0 Å². The highest BCUT2D eigenvalue weighted by atomic mass is 79.9. The third-order valence-electron chi connectivity index (χ3n) is 0.959. The van der Waals surface area contributed by atoms with Crippen molar-refractivity contribution in [2.24, 2.45) is 5.73 Å². The maximum absolute atomic E-state index is 5.36. The summed E-state index contributed by atoms with van der Waals surface area (Å²) in [5.41, 5.74) is 5.36. The van der Waals surface area contributed by atoms with E-state index in [0.29, 0.717) is 6.54 Å². The first-order valence-electron chi connectivity index (χ1n) is 2.56. The average molecular weight is 207 g/mol. The van der Waals surface area contributed by atoms with Crippen molar-refractivity contribution >= 4 is 27.3 Å². The van der Waals surface area contributed by atoms with E-state index in [0.717, 1.165) is 9.61 Å². The minimum atomic E-state index is 0.539. The second-order valence-electron chi connectivity index (χ2n) is 1.66. The molecule has 0 spiro atoms. The Labute approximate surface area is 66.2 Å². The molecule has 1 heterocycles. The molecule has 2 N–H and O–H groups in total. The van der Waals surface area contributed by atoms with Gasteiger partial charge in [-0.15, -0.1) is 11.3 Å². The molecular formula is C5H7BrN2S. The molecule has 0 atom stereocenters. The maximum Gasteiger partial charge on any atom is 0.120 e. The van der Waals surface area contributed by atoms with Crippen molar-refractivity contribution in [2.45, 2.75) is 13.5 Å². The smallest absolute Gasteiger partial charge is 0.120 e. The van der Waals surface area contributed by atoms with Gasteiger partial charge in [0, 0.05) is 11.4 Å². The summed E-state index contributed by atoms with van der Waals surface area (Å²) in [6.07, 6.45) is 0. The predicted molar refractivity (Wildman–Crippen MR) is 42.4 cm³/mol. The lowest BCUT2D eigenvalue weighted by Crippen LogP contribution is -1.93. The molecular weight excluding hydrogens is 200 g/mol. The molecule has 4 heteroatoms. The fraction of sp³-hybridized carbons (Fsp3) is 0.400. The minimum absolute atomic E-state index is 0.539. The monoisotopic (exact) mass is 206 g/mol. The molecule has 50 valence electrons. The second kappa shape index (κ2) is 2.77. The molecule has 0 radical (unpaired) electrons. The van der Waals surface area contributed by atoms with Gasteiger partial charge in [-0.2, -0.15) is 0 Å². The van der Waals surface area contributed by atoms with Crippen LogP contribution in [0.4, 0.5) is 0 Å². The zero-order valence-electron chi connectivity index (χ0n) is 5.02. The molecule has 0 bridgehead atoms. The van der Waals surface area contributed by atoms with Gasteiger partial charge in [-0.05, 0) is 22.9 Å². The van der Waals surface area contributed by atoms with Crippen molar-refractivity contribution in [1.29, 1.82) is 0 Å². The molecule has 0 aromatic carbocycles. The molecule has 0 unspecified atom stereocenters. The Balaban J connectivity index is 2.98. The van der Waals surface area contributed by atoms with Crippen molar-refractivity contribution in [2.75, 3.05) is 0 Å². The number of nitrogens with two attached hydrogens (primary N) is 1. The molecule has 0 aliphatic heterocycles. The van der Waals surface area contributed by atoms with Gasteiger partial charge in [-0.25, -0.2) is 4.98 Å². The molecule has 1 aromatic rings. The molecule has 0 aliphatic rings. The van der Waals surface area contributed by atoms with Gasteiger partial charge >= 0.3 is 0 Å². The lowest BCUT2D eigenvalue weighted by atomic mass is 10.6. The first-order chi connectivity index (χ1) is 4.24. The highest BCUT2D eigenvalue weighted by Crippen LogP contribution is 2.21. The third-order valence-corrected chi connectivity index (χ3v) is 2.99. The average Bonchev–Trinajstić information content (AvgIpc) is 2.13. The van der Waals surface area contributed by atoms with Crippen molar-refractivity contribution in [1.82, 2.24) is 4.98 Å². The van der Waals surface area contributed by atoms with Crippen molar-refractivity contribution in [3.8, 4) is 0 Å². The predicted octanol–water partition coefficient (Wildman–Crippen LogP) is 1.67. The number of hydrogen-bond acceptors (Lipinski definition) is 3. The molecule has 9 heavy (non-hydrogen) atoms.